The van der Waals surface area contributed by atoms with Crippen LogP contribution in [0.4, 0.5) is 4.39 Å². The quantitative estimate of drug-likeness (QED) is 0.769. The fourth-order valence-corrected chi connectivity index (χ4v) is 2.37. The molecule has 1 amide bonds. The third-order valence-electron chi connectivity index (χ3n) is 3.66. The van der Waals surface area contributed by atoms with Gasteiger partial charge in [-0.25, -0.2) is 4.39 Å². The van der Waals surface area contributed by atoms with E-state index in [1.54, 1.807) is 17.0 Å². The van der Waals surface area contributed by atoms with Crippen molar-refractivity contribution in [2.75, 3.05) is 26.2 Å². The van der Waals surface area contributed by atoms with Crippen LogP contribution in [0, 0.1) is 5.82 Å². The van der Waals surface area contributed by atoms with Crippen LogP contribution in [-0.4, -0.2) is 37.0 Å². The Morgan fingerprint density at radius 1 is 1.04 bits per heavy atom. The van der Waals surface area contributed by atoms with Crippen LogP contribution in [0.2, 0.25) is 0 Å². The Hall–Kier alpha value is -2.40. The lowest BCUT2D eigenvalue weighted by molar-refractivity contribution is -0.131. The van der Waals surface area contributed by atoms with Gasteiger partial charge in [0.2, 0.25) is 5.91 Å². The van der Waals surface area contributed by atoms with E-state index in [1.165, 1.54) is 17.7 Å². The second-order valence-electron chi connectivity index (χ2n) is 5.46. The lowest BCUT2D eigenvalue weighted by Crippen LogP contribution is -2.37. The lowest BCUT2D eigenvalue weighted by Gasteiger charge is -2.22. The normalized spacial score (nSPS) is 10.4. The largest absolute Gasteiger partial charge is 0.493 e. The van der Waals surface area contributed by atoms with Crippen LogP contribution in [0.25, 0.3) is 0 Å². The Bertz CT molecular complexity index is 617. The van der Waals surface area contributed by atoms with E-state index in [-0.39, 0.29) is 24.8 Å². The predicted octanol–water partition coefficient (Wildman–Crippen LogP) is 2.62. The van der Waals surface area contributed by atoms with Gasteiger partial charge < -0.3 is 15.4 Å². The van der Waals surface area contributed by atoms with Gasteiger partial charge in [-0.1, -0.05) is 30.3 Å². The first-order valence-electron chi connectivity index (χ1n) is 8.09. The van der Waals surface area contributed by atoms with Gasteiger partial charge in [0.1, 0.15) is 11.6 Å². The van der Waals surface area contributed by atoms with Crippen LogP contribution in [0.1, 0.15) is 12.0 Å². The molecule has 0 bridgehead atoms. The molecule has 2 aromatic rings. The Morgan fingerprint density at radius 3 is 2.42 bits per heavy atom. The molecule has 24 heavy (non-hydrogen) atoms. The summed E-state index contributed by atoms with van der Waals surface area (Å²) in [6.07, 6.45) is 1.07. The van der Waals surface area contributed by atoms with Gasteiger partial charge in [0.05, 0.1) is 13.0 Å². The molecule has 2 aromatic carbocycles. The number of benzene rings is 2. The molecule has 5 heteroatoms. The Morgan fingerprint density at radius 2 is 1.75 bits per heavy atom. The van der Waals surface area contributed by atoms with Crippen molar-refractivity contribution in [1.82, 2.24) is 4.90 Å². The Kier molecular flexibility index (Phi) is 7.23. The SMILES string of the molecule is NCCN(CCc1ccccc1)C(=O)CCOc1ccc(F)cc1. The van der Waals surface area contributed by atoms with Crippen LogP contribution >= 0.6 is 0 Å². The van der Waals surface area contributed by atoms with Gasteiger partial charge in [0, 0.05) is 19.6 Å². The minimum Gasteiger partial charge on any atom is -0.493 e. The number of ether oxygens (including phenoxy) is 1. The first-order chi connectivity index (χ1) is 11.7. The smallest absolute Gasteiger partial charge is 0.226 e. The first kappa shape index (κ1) is 17.9. The topological polar surface area (TPSA) is 55.6 Å². The highest BCUT2D eigenvalue weighted by Gasteiger charge is 2.12. The second kappa shape index (κ2) is 9.67. The van der Waals surface area contributed by atoms with Crippen LogP contribution < -0.4 is 10.5 Å². The highest BCUT2D eigenvalue weighted by atomic mass is 19.1. The summed E-state index contributed by atoms with van der Waals surface area (Å²) >= 11 is 0. The van der Waals surface area contributed by atoms with Gasteiger partial charge in [-0.15, -0.1) is 0 Å². The van der Waals surface area contributed by atoms with E-state index in [2.05, 4.69) is 0 Å². The summed E-state index contributed by atoms with van der Waals surface area (Å²) in [5, 5.41) is 0. The molecule has 0 unspecified atom stereocenters. The molecule has 0 spiro atoms. The Balaban J connectivity index is 1.78. The van der Waals surface area contributed by atoms with Gasteiger partial charge in [-0.05, 0) is 36.2 Å². The minimum atomic E-state index is -0.312. The summed E-state index contributed by atoms with van der Waals surface area (Å²) < 4.78 is 18.3. The van der Waals surface area contributed by atoms with E-state index in [0.717, 1.165) is 6.42 Å². The fraction of sp³-hybridized carbons (Fsp3) is 0.316. The zero-order valence-electron chi connectivity index (χ0n) is 13.7. The van der Waals surface area contributed by atoms with E-state index in [9.17, 15) is 9.18 Å². The summed E-state index contributed by atoms with van der Waals surface area (Å²) in [5.74, 6) is 0.255. The van der Waals surface area contributed by atoms with E-state index >= 15 is 0 Å². The zero-order chi connectivity index (χ0) is 17.2. The third-order valence-corrected chi connectivity index (χ3v) is 3.66. The molecule has 0 radical (unpaired) electrons. The van der Waals surface area contributed by atoms with Gasteiger partial charge in [-0.2, -0.15) is 0 Å². The summed E-state index contributed by atoms with van der Waals surface area (Å²) in [6.45, 7) is 1.86. The van der Waals surface area contributed by atoms with Crippen molar-refractivity contribution in [2.24, 2.45) is 5.73 Å². The molecule has 0 aliphatic carbocycles. The molecule has 0 fully saturated rings. The average Bonchev–Trinajstić information content (AvgIpc) is 2.61. The van der Waals surface area contributed by atoms with Crippen molar-refractivity contribution in [3.8, 4) is 5.75 Å². The number of amides is 1. The Labute approximate surface area is 142 Å². The van der Waals surface area contributed by atoms with Crippen molar-refractivity contribution in [3.63, 3.8) is 0 Å². The molecule has 0 saturated heterocycles. The third kappa shape index (κ3) is 6.01. The molecule has 0 heterocycles. The summed E-state index contributed by atoms with van der Waals surface area (Å²) in [7, 11) is 0. The lowest BCUT2D eigenvalue weighted by atomic mass is 10.1. The van der Waals surface area contributed by atoms with Crippen molar-refractivity contribution < 1.29 is 13.9 Å². The number of hydrogen-bond acceptors (Lipinski definition) is 3. The number of carbonyl (C=O) groups excluding carboxylic acids is 1. The van der Waals surface area contributed by atoms with Crippen LogP contribution in [0.5, 0.6) is 5.75 Å². The van der Waals surface area contributed by atoms with E-state index in [4.69, 9.17) is 10.5 Å². The van der Waals surface area contributed by atoms with E-state index in [1.807, 2.05) is 30.3 Å². The van der Waals surface area contributed by atoms with Gasteiger partial charge >= 0.3 is 0 Å². The first-order valence-corrected chi connectivity index (χ1v) is 8.09. The van der Waals surface area contributed by atoms with E-state index in [0.29, 0.717) is 25.4 Å². The molecular formula is C19H23FN2O2. The highest BCUT2D eigenvalue weighted by Crippen LogP contribution is 2.11. The molecule has 0 saturated carbocycles. The van der Waals surface area contributed by atoms with Gasteiger partial charge in [0.15, 0.2) is 0 Å². The monoisotopic (exact) mass is 330 g/mol. The molecule has 0 aliphatic heterocycles. The molecule has 0 atom stereocenters. The number of nitrogens with two attached hydrogens (primary N) is 1. The van der Waals surface area contributed by atoms with Gasteiger partial charge in [0.25, 0.3) is 0 Å². The molecular weight excluding hydrogens is 307 g/mol. The molecule has 2 N–H and O–H groups in total. The number of nitrogens with zero attached hydrogens (tertiary/aromatic N) is 1. The molecule has 2 rings (SSSR count). The maximum absolute atomic E-state index is 12.8. The number of carbonyl (C=O) groups is 1. The number of halogens is 1. The van der Waals surface area contributed by atoms with Crippen LogP contribution in [0.15, 0.2) is 54.6 Å². The van der Waals surface area contributed by atoms with Crippen molar-refractivity contribution in [3.05, 3.63) is 66.0 Å². The van der Waals surface area contributed by atoms with Crippen molar-refractivity contribution in [2.45, 2.75) is 12.8 Å². The minimum absolute atomic E-state index is 0.0125. The maximum Gasteiger partial charge on any atom is 0.226 e. The maximum atomic E-state index is 12.8. The van der Waals surface area contributed by atoms with Crippen LogP contribution in [-0.2, 0) is 11.2 Å². The average molecular weight is 330 g/mol. The highest BCUT2D eigenvalue weighted by molar-refractivity contribution is 5.76. The van der Waals surface area contributed by atoms with Crippen LogP contribution in [0.3, 0.4) is 0 Å². The fourth-order valence-electron chi connectivity index (χ4n) is 2.37. The molecule has 0 aliphatic rings. The summed E-state index contributed by atoms with van der Waals surface area (Å²) in [4.78, 5) is 14.1. The number of hydrogen-bond donors (Lipinski definition) is 1. The summed E-state index contributed by atoms with van der Waals surface area (Å²) in [6, 6.07) is 15.8. The second-order valence-corrected chi connectivity index (χ2v) is 5.46. The van der Waals surface area contributed by atoms with Gasteiger partial charge in [-0.3, -0.25) is 4.79 Å². The molecule has 4 nitrogen and oxygen atoms in total. The van der Waals surface area contributed by atoms with E-state index < -0.39 is 0 Å². The standard InChI is InChI=1S/C19H23FN2O2/c20-17-6-8-18(9-7-17)24-15-11-19(23)22(14-12-21)13-10-16-4-2-1-3-5-16/h1-9H,10-15,21H2. The summed E-state index contributed by atoms with van der Waals surface area (Å²) in [5.41, 5.74) is 6.80. The zero-order valence-corrected chi connectivity index (χ0v) is 13.7. The molecule has 0 aromatic heterocycles. The van der Waals surface area contributed by atoms with Crippen molar-refractivity contribution in [1.29, 1.82) is 0 Å². The number of rotatable bonds is 9. The molecule has 128 valence electrons. The predicted molar refractivity (Wildman–Crippen MR) is 92.3 cm³/mol. The van der Waals surface area contributed by atoms with Crippen molar-refractivity contribution >= 4 is 5.91 Å².